The van der Waals surface area contributed by atoms with Gasteiger partial charge in [-0.25, -0.2) is 4.79 Å². The van der Waals surface area contributed by atoms with Crippen molar-refractivity contribution < 1.29 is 134 Å². The van der Waals surface area contributed by atoms with Crippen molar-refractivity contribution >= 4 is 11.9 Å². The topological polar surface area (TPSA) is 442 Å². The minimum atomic E-state index is -3.09. The van der Waals surface area contributed by atoms with Gasteiger partial charge in [-0.1, -0.05) is 40.0 Å². The van der Waals surface area contributed by atoms with Gasteiger partial charge in [-0.3, -0.25) is 4.79 Å². The van der Waals surface area contributed by atoms with Gasteiger partial charge in [-0.05, 0) is 6.42 Å². The van der Waals surface area contributed by atoms with E-state index in [4.69, 9.17) is 47.4 Å². The number of rotatable bonds is 23. The van der Waals surface area contributed by atoms with Crippen LogP contribution >= 0.6 is 0 Å². The lowest BCUT2D eigenvalue weighted by atomic mass is 9.84. The van der Waals surface area contributed by atoms with Crippen molar-refractivity contribution in [3.63, 3.8) is 0 Å². The molecule has 5 fully saturated rings. The van der Waals surface area contributed by atoms with Crippen LogP contribution in [-0.4, -0.2) is 275 Å². The second-order valence-corrected chi connectivity index (χ2v) is 18.8. The van der Waals surface area contributed by atoms with Crippen LogP contribution in [-0.2, 0) is 57.0 Å². The third-order valence-electron chi connectivity index (χ3n) is 13.7. The van der Waals surface area contributed by atoms with Crippen molar-refractivity contribution in [1.82, 2.24) is 5.32 Å². The minimum absolute atomic E-state index is 0.108. The highest BCUT2D eigenvalue weighted by Crippen LogP contribution is 2.42. The molecule has 0 spiro atoms. The second kappa shape index (κ2) is 26.6. The van der Waals surface area contributed by atoms with Crippen molar-refractivity contribution in [3.05, 3.63) is 0 Å². The van der Waals surface area contributed by atoms with Crippen molar-refractivity contribution in [1.29, 1.82) is 0 Å². The van der Waals surface area contributed by atoms with Crippen LogP contribution in [0.4, 0.5) is 0 Å². The van der Waals surface area contributed by atoms with Crippen LogP contribution in [0.3, 0.4) is 0 Å². The monoisotopic (exact) mass is 1040 g/mol. The fourth-order valence-corrected chi connectivity index (χ4v) is 9.35. The fourth-order valence-electron chi connectivity index (χ4n) is 9.35. The molecule has 414 valence electrons. The summed E-state index contributed by atoms with van der Waals surface area (Å²) < 4.78 is 59.3. The van der Waals surface area contributed by atoms with Crippen molar-refractivity contribution in [2.45, 2.75) is 207 Å². The van der Waals surface area contributed by atoms with Crippen LogP contribution in [0.5, 0.6) is 0 Å². The van der Waals surface area contributed by atoms with Gasteiger partial charge < -0.3 is 129 Å². The fraction of sp³-hybridized carbons (Fsp3) is 0.953. The molecule has 0 aromatic rings. The summed E-state index contributed by atoms with van der Waals surface area (Å²) in [6.45, 7) is 1.15. The zero-order chi connectivity index (χ0) is 52.6. The Morgan fingerprint density at radius 3 is 1.75 bits per heavy atom. The third-order valence-corrected chi connectivity index (χ3v) is 13.7. The van der Waals surface area contributed by atoms with E-state index >= 15 is 0 Å². The molecule has 0 saturated carbocycles. The van der Waals surface area contributed by atoms with Gasteiger partial charge in [0.2, 0.25) is 5.91 Å². The molecule has 28 nitrogen and oxygen atoms in total. The lowest BCUT2D eigenvalue weighted by Gasteiger charge is -2.52. The molecule has 0 aromatic heterocycles. The molecule has 0 aliphatic carbocycles. The highest BCUT2D eigenvalue weighted by molar-refractivity contribution is 5.76. The van der Waals surface area contributed by atoms with Crippen molar-refractivity contribution in [3.8, 4) is 0 Å². The van der Waals surface area contributed by atoms with Crippen LogP contribution in [0.25, 0.3) is 0 Å². The zero-order valence-electron chi connectivity index (χ0n) is 39.8. The predicted octanol–water partition coefficient (Wildman–Crippen LogP) is -7.42. The molecule has 0 bridgehead atoms. The lowest BCUT2D eigenvalue weighted by Crippen LogP contribution is -2.71. The molecule has 10 unspecified atom stereocenters. The minimum Gasteiger partial charge on any atom is -0.477 e. The van der Waals surface area contributed by atoms with Crippen LogP contribution in [0, 0.1) is 11.8 Å². The summed E-state index contributed by atoms with van der Waals surface area (Å²) in [6, 6.07) is -1.73. The molecule has 5 rings (SSSR count). The summed E-state index contributed by atoms with van der Waals surface area (Å²) in [4.78, 5) is 26.2. The molecule has 0 aromatic carbocycles. The highest BCUT2D eigenvalue weighted by Gasteiger charge is 2.61. The molecule has 5 saturated heterocycles. The number of carboxylic acid groups (broad SMARTS) is 1. The number of hydrogen-bond acceptors (Lipinski definition) is 26. The Balaban J connectivity index is 1.53. The number of amides is 1. The van der Waals surface area contributed by atoms with Gasteiger partial charge in [0.05, 0.1) is 51.3 Å². The molecule has 28 heteroatoms. The van der Waals surface area contributed by atoms with Gasteiger partial charge in [0, 0.05) is 31.8 Å². The summed E-state index contributed by atoms with van der Waals surface area (Å²) >= 11 is 0. The molecule has 71 heavy (non-hydrogen) atoms. The van der Waals surface area contributed by atoms with Crippen molar-refractivity contribution in [2.24, 2.45) is 11.8 Å². The molecule has 0 radical (unpaired) electrons. The maximum absolute atomic E-state index is 13.3. The first-order valence-corrected chi connectivity index (χ1v) is 23.9. The van der Waals surface area contributed by atoms with Gasteiger partial charge in [0.1, 0.15) is 97.6 Å². The smallest absolute Gasteiger partial charge is 0.364 e. The van der Waals surface area contributed by atoms with Gasteiger partial charge in [-0.2, -0.15) is 0 Å². The number of aliphatic carboxylic acids is 1. The van der Waals surface area contributed by atoms with Crippen LogP contribution < -0.4 is 5.32 Å². The number of carbonyl (C=O) groups is 2. The van der Waals surface area contributed by atoms with Crippen molar-refractivity contribution in [2.75, 3.05) is 39.6 Å². The summed E-state index contributed by atoms with van der Waals surface area (Å²) in [5.41, 5.74) is 0. The summed E-state index contributed by atoms with van der Waals surface area (Å²) in [6.07, 6.45) is -37.6. The number of unbranched alkanes of at least 4 members (excludes halogenated alkanes) is 3. The van der Waals surface area contributed by atoms with E-state index in [9.17, 15) is 86.2 Å². The average molecular weight is 1040 g/mol. The van der Waals surface area contributed by atoms with Gasteiger partial charge in [0.25, 0.3) is 5.79 Å². The maximum atomic E-state index is 13.3. The Labute approximate surface area is 408 Å². The first-order valence-electron chi connectivity index (χ1n) is 23.9. The first-order chi connectivity index (χ1) is 33.6. The summed E-state index contributed by atoms with van der Waals surface area (Å²) in [5.74, 6) is -8.16. The van der Waals surface area contributed by atoms with Crippen LogP contribution in [0.1, 0.15) is 59.8 Å². The molecule has 5 heterocycles. The summed E-state index contributed by atoms with van der Waals surface area (Å²) in [5, 5.41) is 165. The maximum Gasteiger partial charge on any atom is 0.364 e. The van der Waals surface area contributed by atoms with E-state index in [0.717, 1.165) is 26.2 Å². The quantitative estimate of drug-likeness (QED) is 0.0423. The Morgan fingerprint density at radius 2 is 1.17 bits per heavy atom. The lowest BCUT2D eigenvalue weighted by molar-refractivity contribution is -0.402. The number of nitrogens with one attached hydrogen (secondary N) is 1. The Hall–Kier alpha value is -2.02. The summed E-state index contributed by atoms with van der Waals surface area (Å²) in [7, 11) is 0. The number of aliphatic hydroxyl groups is 14. The highest BCUT2D eigenvalue weighted by atomic mass is 16.8. The third kappa shape index (κ3) is 13.5. The standard InChI is InChI=1S/C43H75NO27/c1-5-6-7-8-9-62-40-31(58)36(30(57)23(14-48)65-40)69-39-25(44-18(4)50)35(29(56)22(13-47)64-39)68-41-32(59)37(34(24(15-49)66-41)67-38-17(3)26(53)28(55)21(12-46)63-38)71-43(42(60)61)10-19(51)16(2)33(70-43)27(54)20(52)11-45/h16-17,19-41,45-49,51-59H,5-15H2,1-4H3,(H,44,50)(H,60,61)/t16-,17?,19?,20+,21?,22?,23?,24?,25-,26+,27+,28-,29+,30-,31-,32?,33?,34-,35+,36-,37+,38-,39?,40?,41-,43+/m0/s1. The Bertz CT molecular complexity index is 1640. The molecule has 16 N–H and O–H groups in total. The SMILES string of the molecule is CCCCCCOC1OC(CO)[C@H](O)[C@H](OC2OC(CO)[C@@H](O)[C@H](O[C@@H]3OC(CO)[C@H](O[C@@H]4OC(CO)[C@H](O)[C@H](O)C4C)[C@H](O[C@@]4(C(=O)O)CC(O)[C@H](C)C([C@H](O)[C@H](O)CO)O4)C3O)[C@@H]2NC(C)=O)[C@@H]1O. The predicted molar refractivity (Wildman–Crippen MR) is 230 cm³/mol. The van der Waals surface area contributed by atoms with Crippen LogP contribution in [0.15, 0.2) is 0 Å². The molecular weight excluding hydrogens is 962 g/mol. The molecule has 5 aliphatic rings. The van der Waals surface area contributed by atoms with E-state index in [2.05, 4.69) is 5.32 Å². The normalized spacial score (nSPS) is 45.2. The van der Waals surface area contributed by atoms with E-state index in [1.165, 1.54) is 13.8 Å². The zero-order valence-corrected chi connectivity index (χ0v) is 39.8. The van der Waals surface area contributed by atoms with E-state index in [0.29, 0.717) is 6.42 Å². The van der Waals surface area contributed by atoms with Gasteiger partial charge in [0.15, 0.2) is 25.2 Å². The number of carbonyl (C=O) groups excluding carboxylic acids is 1. The van der Waals surface area contributed by atoms with E-state index in [-0.39, 0.29) is 6.61 Å². The Kier molecular flexibility index (Phi) is 22.5. The van der Waals surface area contributed by atoms with Gasteiger partial charge >= 0.3 is 5.97 Å². The Morgan fingerprint density at radius 1 is 0.634 bits per heavy atom. The first kappa shape index (κ1) is 59.9. The number of aliphatic hydroxyl groups excluding tert-OH is 14. The average Bonchev–Trinajstić information content (AvgIpc) is 3.34. The van der Waals surface area contributed by atoms with E-state index in [1.807, 2.05) is 6.92 Å². The number of ether oxygens (including phenoxy) is 10. The molecule has 1 amide bonds. The molecular formula is C43H75NO27. The largest absolute Gasteiger partial charge is 0.477 e. The number of carboxylic acids is 1. The number of hydrogen-bond donors (Lipinski definition) is 16. The molecule has 5 aliphatic heterocycles. The van der Waals surface area contributed by atoms with E-state index < -0.39 is 210 Å². The molecule has 26 atom stereocenters. The van der Waals surface area contributed by atoms with Gasteiger partial charge in [-0.15, -0.1) is 0 Å². The van der Waals surface area contributed by atoms with E-state index in [1.54, 1.807) is 0 Å². The van der Waals surface area contributed by atoms with Crippen LogP contribution in [0.2, 0.25) is 0 Å². The second-order valence-electron chi connectivity index (χ2n) is 18.8.